The highest BCUT2D eigenvalue weighted by molar-refractivity contribution is 6.36. The zero-order valence-electron chi connectivity index (χ0n) is 10.8. The first-order valence-electron chi connectivity index (χ1n) is 6.03. The van der Waals surface area contributed by atoms with E-state index in [9.17, 15) is 13.2 Å². The molecule has 2 aromatic heterocycles. The summed E-state index contributed by atoms with van der Waals surface area (Å²) in [4.78, 5) is 7.94. The molecule has 0 amide bonds. The first-order chi connectivity index (χ1) is 9.97. The smallest absolute Gasteiger partial charge is 0.142 e. The molecule has 21 heavy (non-hydrogen) atoms. The SMILES string of the molecule is Cc1c(-c2cncc(F)c2)nc2cc(F)cc(F)c2c1Cl. The molecule has 2 heterocycles. The number of hydrogen-bond donors (Lipinski definition) is 0. The Morgan fingerprint density at radius 1 is 1.00 bits per heavy atom. The number of pyridine rings is 2. The molecule has 0 aliphatic rings. The molecule has 3 aromatic rings. The van der Waals surface area contributed by atoms with Crippen molar-refractivity contribution < 1.29 is 13.2 Å². The largest absolute Gasteiger partial charge is 0.261 e. The fourth-order valence-corrected chi connectivity index (χ4v) is 2.46. The van der Waals surface area contributed by atoms with Crippen LogP contribution in [0, 0.1) is 24.4 Å². The molecule has 0 radical (unpaired) electrons. The van der Waals surface area contributed by atoms with Crippen LogP contribution in [0.5, 0.6) is 0 Å². The number of nitrogens with zero attached hydrogens (tertiary/aromatic N) is 2. The van der Waals surface area contributed by atoms with Crippen molar-refractivity contribution >= 4 is 22.5 Å². The molecular formula is C15H8ClF3N2. The molecule has 3 rings (SSSR count). The fraction of sp³-hybridized carbons (Fsp3) is 0.0667. The quantitative estimate of drug-likeness (QED) is 0.652. The van der Waals surface area contributed by atoms with Gasteiger partial charge >= 0.3 is 0 Å². The number of benzene rings is 1. The van der Waals surface area contributed by atoms with Gasteiger partial charge in [-0.1, -0.05) is 11.6 Å². The highest BCUT2D eigenvalue weighted by Gasteiger charge is 2.16. The minimum absolute atomic E-state index is 0.0451. The predicted octanol–water partition coefficient (Wildman–Crippen LogP) is 4.68. The molecule has 0 atom stereocenters. The van der Waals surface area contributed by atoms with E-state index in [1.165, 1.54) is 12.3 Å². The summed E-state index contributed by atoms with van der Waals surface area (Å²) in [7, 11) is 0. The van der Waals surface area contributed by atoms with Gasteiger partial charge in [0, 0.05) is 23.9 Å². The van der Waals surface area contributed by atoms with Crippen LogP contribution >= 0.6 is 11.6 Å². The van der Waals surface area contributed by atoms with Crippen molar-refractivity contribution in [1.29, 1.82) is 0 Å². The van der Waals surface area contributed by atoms with Gasteiger partial charge in [0.2, 0.25) is 0 Å². The Hall–Kier alpha value is -2.14. The number of fused-ring (bicyclic) bond motifs is 1. The Morgan fingerprint density at radius 2 is 1.76 bits per heavy atom. The predicted molar refractivity (Wildman–Crippen MR) is 74.6 cm³/mol. The van der Waals surface area contributed by atoms with Gasteiger partial charge in [-0.05, 0) is 18.6 Å². The lowest BCUT2D eigenvalue weighted by molar-refractivity contribution is 0.591. The van der Waals surface area contributed by atoms with E-state index in [-0.39, 0.29) is 15.9 Å². The number of rotatable bonds is 1. The summed E-state index contributed by atoms with van der Waals surface area (Å²) in [5, 5.41) is 0.167. The number of aromatic nitrogens is 2. The zero-order valence-corrected chi connectivity index (χ0v) is 11.5. The average molecular weight is 309 g/mol. The zero-order chi connectivity index (χ0) is 15.1. The highest BCUT2D eigenvalue weighted by Crippen LogP contribution is 2.34. The van der Waals surface area contributed by atoms with E-state index in [2.05, 4.69) is 9.97 Å². The lowest BCUT2D eigenvalue weighted by Crippen LogP contribution is -1.96. The van der Waals surface area contributed by atoms with Gasteiger partial charge in [0.15, 0.2) is 0 Å². The monoisotopic (exact) mass is 308 g/mol. The fourth-order valence-electron chi connectivity index (χ4n) is 2.18. The maximum absolute atomic E-state index is 13.8. The van der Waals surface area contributed by atoms with Gasteiger partial charge in [0.1, 0.15) is 17.5 Å². The lowest BCUT2D eigenvalue weighted by atomic mass is 10.0. The van der Waals surface area contributed by atoms with E-state index in [1.54, 1.807) is 6.92 Å². The Morgan fingerprint density at radius 3 is 2.48 bits per heavy atom. The molecule has 0 fully saturated rings. The molecule has 0 spiro atoms. The molecule has 0 N–H and O–H groups in total. The van der Waals surface area contributed by atoms with Gasteiger partial charge in [-0.2, -0.15) is 0 Å². The first kappa shape index (κ1) is 13.8. The van der Waals surface area contributed by atoms with E-state index >= 15 is 0 Å². The van der Waals surface area contributed by atoms with Crippen molar-refractivity contribution in [1.82, 2.24) is 9.97 Å². The summed E-state index contributed by atoms with van der Waals surface area (Å²) in [6.07, 6.45) is 2.47. The van der Waals surface area contributed by atoms with Crippen LogP contribution in [0.3, 0.4) is 0 Å². The van der Waals surface area contributed by atoms with Crippen molar-refractivity contribution in [3.8, 4) is 11.3 Å². The third-order valence-corrected chi connectivity index (χ3v) is 3.62. The molecule has 0 saturated carbocycles. The van der Waals surface area contributed by atoms with Gasteiger partial charge in [0.25, 0.3) is 0 Å². The Kier molecular flexibility index (Phi) is 3.29. The third kappa shape index (κ3) is 2.34. The topological polar surface area (TPSA) is 25.8 Å². The summed E-state index contributed by atoms with van der Waals surface area (Å²) in [5.74, 6) is -2.07. The van der Waals surface area contributed by atoms with Gasteiger partial charge in [0.05, 0.1) is 27.8 Å². The summed E-state index contributed by atoms with van der Waals surface area (Å²) < 4.78 is 40.5. The van der Waals surface area contributed by atoms with Crippen molar-refractivity contribution in [2.24, 2.45) is 0 Å². The van der Waals surface area contributed by atoms with E-state index in [0.717, 1.165) is 18.3 Å². The van der Waals surface area contributed by atoms with Crippen LogP contribution in [0.1, 0.15) is 5.56 Å². The summed E-state index contributed by atoms with van der Waals surface area (Å²) in [5.41, 5.74) is 1.27. The standard InChI is InChI=1S/C15H8ClF3N2/c1-7-14(16)13-11(19)3-9(17)4-12(13)21-15(7)8-2-10(18)6-20-5-8/h2-6H,1H3. The first-order valence-corrected chi connectivity index (χ1v) is 6.41. The summed E-state index contributed by atoms with van der Waals surface area (Å²) in [6.45, 7) is 1.64. The van der Waals surface area contributed by atoms with Crippen LogP contribution < -0.4 is 0 Å². The lowest BCUT2D eigenvalue weighted by Gasteiger charge is -2.11. The minimum atomic E-state index is -0.783. The van der Waals surface area contributed by atoms with Crippen LogP contribution in [0.25, 0.3) is 22.2 Å². The molecule has 6 heteroatoms. The molecule has 106 valence electrons. The second kappa shape index (κ2) is 5.00. The van der Waals surface area contributed by atoms with Crippen LogP contribution in [0.4, 0.5) is 13.2 Å². The molecular weight excluding hydrogens is 301 g/mol. The molecule has 0 saturated heterocycles. The van der Waals surface area contributed by atoms with Crippen molar-refractivity contribution in [2.45, 2.75) is 6.92 Å². The van der Waals surface area contributed by atoms with Gasteiger partial charge < -0.3 is 0 Å². The Labute approximate surface area is 123 Å². The second-order valence-electron chi connectivity index (χ2n) is 4.57. The molecule has 0 aliphatic carbocycles. The highest BCUT2D eigenvalue weighted by atomic mass is 35.5. The maximum Gasteiger partial charge on any atom is 0.142 e. The molecule has 0 aliphatic heterocycles. The molecule has 0 unspecified atom stereocenters. The van der Waals surface area contributed by atoms with Crippen LogP contribution in [0.2, 0.25) is 5.02 Å². The summed E-state index contributed by atoms with van der Waals surface area (Å²) >= 11 is 6.16. The van der Waals surface area contributed by atoms with Crippen molar-refractivity contribution in [3.05, 3.63) is 58.6 Å². The molecule has 2 nitrogen and oxygen atoms in total. The Balaban J connectivity index is 2.37. The second-order valence-corrected chi connectivity index (χ2v) is 4.95. The van der Waals surface area contributed by atoms with Crippen molar-refractivity contribution in [3.63, 3.8) is 0 Å². The van der Waals surface area contributed by atoms with Crippen LogP contribution in [-0.4, -0.2) is 9.97 Å². The van der Waals surface area contributed by atoms with Gasteiger partial charge in [-0.15, -0.1) is 0 Å². The van der Waals surface area contributed by atoms with Gasteiger partial charge in [-0.3, -0.25) is 4.98 Å². The summed E-state index contributed by atoms with van der Waals surface area (Å²) in [6, 6.07) is 3.07. The number of halogens is 4. The van der Waals surface area contributed by atoms with Crippen LogP contribution in [-0.2, 0) is 0 Å². The van der Waals surface area contributed by atoms with E-state index in [0.29, 0.717) is 16.8 Å². The third-order valence-electron chi connectivity index (χ3n) is 3.15. The van der Waals surface area contributed by atoms with Gasteiger partial charge in [-0.25, -0.2) is 18.2 Å². The molecule has 1 aromatic carbocycles. The molecule has 0 bridgehead atoms. The van der Waals surface area contributed by atoms with E-state index < -0.39 is 17.5 Å². The Bertz CT molecular complexity index is 865. The average Bonchev–Trinajstić information content (AvgIpc) is 2.42. The van der Waals surface area contributed by atoms with Crippen molar-refractivity contribution in [2.75, 3.05) is 0 Å². The minimum Gasteiger partial charge on any atom is -0.261 e. The maximum atomic E-state index is 13.8. The van der Waals surface area contributed by atoms with E-state index in [4.69, 9.17) is 11.6 Å². The van der Waals surface area contributed by atoms with Crippen LogP contribution in [0.15, 0.2) is 30.6 Å². The van der Waals surface area contributed by atoms with E-state index in [1.807, 2.05) is 0 Å². The number of hydrogen-bond acceptors (Lipinski definition) is 2. The normalized spacial score (nSPS) is 11.1.